The first kappa shape index (κ1) is 25.8. The Bertz CT molecular complexity index is 2540. The van der Waals surface area contributed by atoms with E-state index in [4.69, 9.17) is 15.0 Å². The van der Waals surface area contributed by atoms with E-state index in [0.717, 1.165) is 49.2 Å². The van der Waals surface area contributed by atoms with Gasteiger partial charge in [-0.1, -0.05) is 133 Å². The van der Waals surface area contributed by atoms with Crippen molar-refractivity contribution in [3.05, 3.63) is 152 Å². The number of fused-ring (bicyclic) bond motifs is 6. The van der Waals surface area contributed by atoms with Crippen molar-refractivity contribution in [3.63, 3.8) is 0 Å². The van der Waals surface area contributed by atoms with Gasteiger partial charge >= 0.3 is 0 Å². The Labute approximate surface area is 264 Å². The molecule has 3 heterocycles. The molecule has 6 aromatic carbocycles. The van der Waals surface area contributed by atoms with Crippen molar-refractivity contribution in [2.45, 2.75) is 0 Å². The number of benzene rings is 6. The second-order valence-corrected chi connectivity index (χ2v) is 12.2. The molecule has 210 valence electrons. The molecule has 0 atom stereocenters. The SMILES string of the molecule is c1ccc(-c2nc(-c3ccccc3)c3sc4c(-c5cccc(-c6cccc7ccc8cccnc8c67)c5)cccc4c3n2)cc1. The van der Waals surface area contributed by atoms with E-state index in [2.05, 4.69) is 115 Å². The van der Waals surface area contributed by atoms with Crippen LogP contribution in [0.4, 0.5) is 0 Å². The maximum Gasteiger partial charge on any atom is 0.160 e. The number of thiophene rings is 1. The lowest BCUT2D eigenvalue weighted by Crippen LogP contribution is -1.93. The quantitative estimate of drug-likeness (QED) is 0.191. The first-order chi connectivity index (χ1) is 22.3. The molecule has 0 bridgehead atoms. The third-order valence-electron chi connectivity index (χ3n) is 8.52. The van der Waals surface area contributed by atoms with E-state index in [1.807, 2.05) is 36.5 Å². The van der Waals surface area contributed by atoms with Gasteiger partial charge in [0, 0.05) is 38.2 Å². The fourth-order valence-electron chi connectivity index (χ4n) is 6.41. The normalized spacial score (nSPS) is 11.6. The summed E-state index contributed by atoms with van der Waals surface area (Å²) in [5.41, 5.74) is 9.82. The van der Waals surface area contributed by atoms with Gasteiger partial charge in [-0.2, -0.15) is 0 Å². The fraction of sp³-hybridized carbons (Fsp3) is 0. The van der Waals surface area contributed by atoms with Gasteiger partial charge in [0.15, 0.2) is 5.82 Å². The van der Waals surface area contributed by atoms with Gasteiger partial charge in [0.05, 0.1) is 21.4 Å². The molecule has 0 aliphatic heterocycles. The minimum Gasteiger partial charge on any atom is -0.256 e. The predicted octanol–water partition coefficient (Wildman–Crippen LogP) is 11.2. The molecule has 3 nitrogen and oxygen atoms in total. The largest absolute Gasteiger partial charge is 0.256 e. The zero-order valence-corrected chi connectivity index (χ0v) is 25.0. The lowest BCUT2D eigenvalue weighted by Gasteiger charge is -2.11. The number of hydrogen-bond donors (Lipinski definition) is 0. The van der Waals surface area contributed by atoms with Crippen molar-refractivity contribution in [3.8, 4) is 44.9 Å². The van der Waals surface area contributed by atoms with E-state index < -0.39 is 0 Å². The van der Waals surface area contributed by atoms with Gasteiger partial charge in [-0.25, -0.2) is 9.97 Å². The van der Waals surface area contributed by atoms with Crippen molar-refractivity contribution < 1.29 is 0 Å². The summed E-state index contributed by atoms with van der Waals surface area (Å²) in [6, 6.07) is 51.2. The van der Waals surface area contributed by atoms with Gasteiger partial charge in [0.2, 0.25) is 0 Å². The molecule has 3 aromatic heterocycles. The van der Waals surface area contributed by atoms with Crippen LogP contribution in [0.25, 0.3) is 86.9 Å². The van der Waals surface area contributed by atoms with Crippen LogP contribution in [0.15, 0.2) is 152 Å². The van der Waals surface area contributed by atoms with Crippen LogP contribution in [-0.4, -0.2) is 15.0 Å². The fourth-order valence-corrected chi connectivity index (χ4v) is 7.70. The molecule has 0 saturated heterocycles. The molecule has 9 aromatic rings. The topological polar surface area (TPSA) is 38.7 Å². The first-order valence-corrected chi connectivity index (χ1v) is 15.8. The zero-order valence-electron chi connectivity index (χ0n) is 24.2. The average Bonchev–Trinajstić information content (AvgIpc) is 3.50. The molecule has 4 heteroatoms. The highest BCUT2D eigenvalue weighted by Gasteiger charge is 2.19. The third-order valence-corrected chi connectivity index (χ3v) is 9.75. The lowest BCUT2D eigenvalue weighted by molar-refractivity contribution is 1.24. The van der Waals surface area contributed by atoms with E-state index in [-0.39, 0.29) is 0 Å². The Morgan fingerprint density at radius 1 is 0.444 bits per heavy atom. The summed E-state index contributed by atoms with van der Waals surface area (Å²) < 4.78 is 2.32. The number of nitrogens with zero attached hydrogens (tertiary/aromatic N) is 3. The van der Waals surface area contributed by atoms with Crippen LogP contribution in [0.3, 0.4) is 0 Å². The molecule has 0 aliphatic rings. The second kappa shape index (κ2) is 10.5. The van der Waals surface area contributed by atoms with Crippen molar-refractivity contribution in [1.29, 1.82) is 0 Å². The summed E-state index contributed by atoms with van der Waals surface area (Å²) in [7, 11) is 0. The van der Waals surface area contributed by atoms with Gasteiger partial charge in [-0.05, 0) is 39.8 Å². The molecule has 0 amide bonds. The standard InChI is InChI=1S/C41H25N3S/c1-3-11-27(12-4-1)37-40-38(44-41(43-37)29-13-5-2-6-14-29)34-21-9-20-33(39(34)45-40)31-17-7-16-30(25-31)32-19-8-15-26-22-23-28-18-10-24-42-36(28)35(26)32/h1-25H. The molecule has 45 heavy (non-hydrogen) atoms. The van der Waals surface area contributed by atoms with E-state index in [0.29, 0.717) is 0 Å². The van der Waals surface area contributed by atoms with E-state index in [1.165, 1.54) is 37.7 Å². The van der Waals surface area contributed by atoms with E-state index in [9.17, 15) is 0 Å². The molecule has 0 aliphatic carbocycles. The summed E-state index contributed by atoms with van der Waals surface area (Å²) in [5.74, 6) is 0.742. The maximum absolute atomic E-state index is 5.18. The van der Waals surface area contributed by atoms with Crippen LogP contribution < -0.4 is 0 Å². The first-order valence-electron chi connectivity index (χ1n) is 15.0. The number of pyridine rings is 1. The minimum atomic E-state index is 0.742. The van der Waals surface area contributed by atoms with Gasteiger partial charge in [0.25, 0.3) is 0 Å². The Kier molecular flexibility index (Phi) is 6.00. The number of hydrogen-bond acceptors (Lipinski definition) is 4. The van der Waals surface area contributed by atoms with Crippen LogP contribution in [0.1, 0.15) is 0 Å². The molecule has 0 unspecified atom stereocenters. The van der Waals surface area contributed by atoms with Crippen molar-refractivity contribution in [2.75, 3.05) is 0 Å². The van der Waals surface area contributed by atoms with Crippen LogP contribution in [0, 0.1) is 0 Å². The van der Waals surface area contributed by atoms with Gasteiger partial charge in [-0.3, -0.25) is 4.98 Å². The summed E-state index contributed by atoms with van der Waals surface area (Å²) in [6.07, 6.45) is 1.88. The van der Waals surface area contributed by atoms with Crippen LogP contribution in [0.2, 0.25) is 0 Å². The van der Waals surface area contributed by atoms with Gasteiger partial charge in [0.1, 0.15) is 0 Å². The zero-order chi connectivity index (χ0) is 29.7. The minimum absolute atomic E-state index is 0.742. The summed E-state index contributed by atoms with van der Waals surface area (Å²) in [5, 5.41) is 4.67. The predicted molar refractivity (Wildman–Crippen MR) is 189 cm³/mol. The van der Waals surface area contributed by atoms with E-state index in [1.54, 1.807) is 11.3 Å². The Balaban J connectivity index is 1.27. The number of rotatable bonds is 4. The van der Waals surface area contributed by atoms with Gasteiger partial charge < -0.3 is 0 Å². The lowest BCUT2D eigenvalue weighted by atomic mass is 9.93. The molecule has 0 N–H and O–H groups in total. The van der Waals surface area contributed by atoms with Crippen molar-refractivity contribution >= 4 is 53.3 Å². The van der Waals surface area contributed by atoms with Gasteiger partial charge in [-0.15, -0.1) is 11.3 Å². The van der Waals surface area contributed by atoms with Crippen molar-refractivity contribution in [1.82, 2.24) is 15.0 Å². The molecule has 0 saturated carbocycles. The smallest absolute Gasteiger partial charge is 0.160 e. The highest BCUT2D eigenvalue weighted by atomic mass is 32.1. The van der Waals surface area contributed by atoms with Crippen molar-refractivity contribution in [2.24, 2.45) is 0 Å². The van der Waals surface area contributed by atoms with E-state index >= 15 is 0 Å². The van der Waals surface area contributed by atoms with Crippen LogP contribution >= 0.6 is 11.3 Å². The molecule has 0 fully saturated rings. The summed E-state index contributed by atoms with van der Waals surface area (Å²) in [6.45, 7) is 0. The Morgan fingerprint density at radius 3 is 1.96 bits per heavy atom. The monoisotopic (exact) mass is 591 g/mol. The summed E-state index contributed by atoms with van der Waals surface area (Å²) >= 11 is 1.78. The third kappa shape index (κ3) is 4.30. The highest BCUT2D eigenvalue weighted by molar-refractivity contribution is 7.26. The molecular weight excluding hydrogens is 567 g/mol. The molecule has 0 radical (unpaired) electrons. The molecule has 0 spiro atoms. The summed E-state index contributed by atoms with van der Waals surface area (Å²) in [4.78, 5) is 15.1. The Morgan fingerprint density at radius 2 is 1.11 bits per heavy atom. The highest BCUT2D eigenvalue weighted by Crippen LogP contribution is 2.44. The average molecular weight is 592 g/mol. The molecular formula is C41H25N3S. The Hall–Kier alpha value is -5.71. The van der Waals surface area contributed by atoms with Crippen LogP contribution in [0.5, 0.6) is 0 Å². The molecule has 9 rings (SSSR count). The van der Waals surface area contributed by atoms with Crippen LogP contribution in [-0.2, 0) is 0 Å². The number of aromatic nitrogens is 3. The maximum atomic E-state index is 5.18. The second-order valence-electron chi connectivity index (χ2n) is 11.2.